The lowest BCUT2D eigenvalue weighted by Crippen LogP contribution is -2.53. The molecule has 2 amide bonds. The molecule has 0 aromatic carbocycles. The van der Waals surface area contributed by atoms with Crippen LogP contribution in [0.15, 0.2) is 0 Å². The van der Waals surface area contributed by atoms with Crippen molar-refractivity contribution in [3.63, 3.8) is 0 Å². The van der Waals surface area contributed by atoms with Gasteiger partial charge in [0, 0.05) is 45.8 Å². The highest BCUT2D eigenvalue weighted by Crippen LogP contribution is 2.40. The number of hydrogen-bond acceptors (Lipinski definition) is 4. The van der Waals surface area contributed by atoms with E-state index in [9.17, 15) is 9.59 Å². The predicted molar refractivity (Wildman–Crippen MR) is 96.0 cm³/mol. The van der Waals surface area contributed by atoms with E-state index in [0.29, 0.717) is 24.0 Å². The second-order valence-electron chi connectivity index (χ2n) is 7.64. The number of piperidine rings is 2. The molecule has 5 nitrogen and oxygen atoms in total. The first-order valence-corrected chi connectivity index (χ1v) is 10.6. The highest BCUT2D eigenvalue weighted by Gasteiger charge is 2.42. The van der Waals surface area contributed by atoms with Crippen molar-refractivity contribution in [3.8, 4) is 0 Å². The van der Waals surface area contributed by atoms with Crippen LogP contribution in [0.3, 0.4) is 0 Å². The molecule has 6 heteroatoms. The number of carbonyl (C=O) groups is 2. The third-order valence-electron chi connectivity index (χ3n) is 6.01. The Morgan fingerprint density at radius 2 is 1.96 bits per heavy atom. The fourth-order valence-corrected chi connectivity index (χ4v) is 4.79. The van der Waals surface area contributed by atoms with E-state index in [4.69, 9.17) is 4.74 Å². The van der Waals surface area contributed by atoms with Gasteiger partial charge in [0.15, 0.2) is 0 Å². The molecule has 3 heterocycles. The molecule has 0 aromatic heterocycles. The lowest BCUT2D eigenvalue weighted by Gasteiger charge is -2.48. The van der Waals surface area contributed by atoms with Crippen LogP contribution in [0.1, 0.15) is 38.5 Å². The summed E-state index contributed by atoms with van der Waals surface area (Å²) in [4.78, 5) is 28.6. The molecule has 0 radical (unpaired) electrons. The lowest BCUT2D eigenvalue weighted by molar-refractivity contribution is -0.143. The van der Waals surface area contributed by atoms with Crippen LogP contribution in [0.5, 0.6) is 0 Å². The van der Waals surface area contributed by atoms with E-state index >= 15 is 0 Å². The average Bonchev–Trinajstić information content (AvgIpc) is 2.60. The monoisotopic (exact) mass is 354 g/mol. The van der Waals surface area contributed by atoms with Gasteiger partial charge in [-0.15, -0.1) is 0 Å². The van der Waals surface area contributed by atoms with Crippen LogP contribution in [-0.4, -0.2) is 73.0 Å². The van der Waals surface area contributed by atoms with E-state index in [1.165, 1.54) is 0 Å². The summed E-state index contributed by atoms with van der Waals surface area (Å²) in [6.07, 6.45) is 7.91. The number of ether oxygens (including phenoxy) is 1. The second kappa shape index (κ2) is 8.09. The van der Waals surface area contributed by atoms with Crippen molar-refractivity contribution in [3.05, 3.63) is 0 Å². The van der Waals surface area contributed by atoms with Gasteiger partial charge >= 0.3 is 0 Å². The third kappa shape index (κ3) is 4.26. The highest BCUT2D eigenvalue weighted by molar-refractivity contribution is 7.99. The summed E-state index contributed by atoms with van der Waals surface area (Å²) < 4.78 is 5.44. The second-order valence-corrected chi connectivity index (χ2v) is 8.51. The Morgan fingerprint density at radius 3 is 2.62 bits per heavy atom. The van der Waals surface area contributed by atoms with Crippen LogP contribution in [0.25, 0.3) is 0 Å². The quantitative estimate of drug-likeness (QED) is 0.775. The zero-order valence-electron chi connectivity index (χ0n) is 14.8. The van der Waals surface area contributed by atoms with Crippen LogP contribution in [0.2, 0.25) is 0 Å². The number of nitrogens with zero attached hydrogens (tertiary/aromatic N) is 2. The molecule has 136 valence electrons. The minimum absolute atomic E-state index is 0.245. The highest BCUT2D eigenvalue weighted by atomic mass is 32.2. The Bertz CT molecular complexity index is 457. The number of carbonyl (C=O) groups excluding carboxylic acids is 2. The van der Waals surface area contributed by atoms with Crippen molar-refractivity contribution in [2.24, 2.45) is 11.3 Å². The molecule has 24 heavy (non-hydrogen) atoms. The van der Waals surface area contributed by atoms with Crippen LogP contribution >= 0.6 is 11.8 Å². The van der Waals surface area contributed by atoms with Crippen molar-refractivity contribution in [1.82, 2.24) is 9.80 Å². The predicted octanol–water partition coefficient (Wildman–Crippen LogP) is 2.01. The summed E-state index contributed by atoms with van der Waals surface area (Å²) in [5, 5.41) is 0. The smallest absolute Gasteiger partial charge is 0.232 e. The normalized spacial score (nSPS) is 25.3. The summed E-state index contributed by atoms with van der Waals surface area (Å²) in [5.74, 6) is 1.78. The first kappa shape index (κ1) is 18.1. The topological polar surface area (TPSA) is 49.9 Å². The van der Waals surface area contributed by atoms with Gasteiger partial charge in [-0.25, -0.2) is 0 Å². The number of likely N-dealkylation sites (tertiary alicyclic amines) is 2. The van der Waals surface area contributed by atoms with E-state index < -0.39 is 0 Å². The molecule has 3 aliphatic rings. The molecule has 0 N–H and O–H groups in total. The van der Waals surface area contributed by atoms with Crippen molar-refractivity contribution >= 4 is 23.6 Å². The van der Waals surface area contributed by atoms with Crippen LogP contribution in [-0.2, 0) is 14.3 Å². The number of thioether (sulfide) groups is 1. The summed E-state index contributed by atoms with van der Waals surface area (Å²) in [6.45, 7) is 5.19. The van der Waals surface area contributed by atoms with E-state index in [1.54, 1.807) is 11.8 Å². The first-order valence-electron chi connectivity index (χ1n) is 9.24. The number of rotatable bonds is 4. The van der Waals surface area contributed by atoms with Crippen LogP contribution < -0.4 is 0 Å². The number of amides is 2. The molecule has 0 aromatic rings. The Hall–Kier alpha value is -0.750. The summed E-state index contributed by atoms with van der Waals surface area (Å²) in [7, 11) is 0. The first-order chi connectivity index (χ1) is 11.6. The molecule has 1 spiro atoms. The Balaban J connectivity index is 1.55. The minimum Gasteiger partial charge on any atom is -0.381 e. The molecule has 0 atom stereocenters. The van der Waals surface area contributed by atoms with Crippen molar-refractivity contribution < 1.29 is 14.3 Å². The van der Waals surface area contributed by atoms with Crippen molar-refractivity contribution in [1.29, 1.82) is 0 Å². The zero-order chi connectivity index (χ0) is 17.0. The largest absolute Gasteiger partial charge is 0.381 e. The maximum absolute atomic E-state index is 12.4. The molecular formula is C18H30N2O3S. The fraction of sp³-hybridized carbons (Fsp3) is 0.889. The van der Waals surface area contributed by atoms with Gasteiger partial charge in [-0.05, 0) is 49.7 Å². The molecule has 0 unspecified atom stereocenters. The molecule has 0 saturated carbocycles. The van der Waals surface area contributed by atoms with Gasteiger partial charge < -0.3 is 14.5 Å². The summed E-state index contributed by atoms with van der Waals surface area (Å²) in [5.41, 5.74) is 0.245. The van der Waals surface area contributed by atoms with Gasteiger partial charge in [0.05, 0.1) is 5.75 Å². The van der Waals surface area contributed by atoms with Crippen molar-refractivity contribution in [2.75, 3.05) is 51.4 Å². The Labute approximate surface area is 149 Å². The molecule has 3 aliphatic heterocycles. The van der Waals surface area contributed by atoms with E-state index in [2.05, 4.69) is 4.90 Å². The molecule has 3 fully saturated rings. The molecule has 3 rings (SSSR count). The molecular weight excluding hydrogens is 324 g/mol. The van der Waals surface area contributed by atoms with Crippen molar-refractivity contribution in [2.45, 2.75) is 38.5 Å². The van der Waals surface area contributed by atoms with Gasteiger partial charge in [-0.2, -0.15) is 11.8 Å². The maximum Gasteiger partial charge on any atom is 0.232 e. The summed E-state index contributed by atoms with van der Waals surface area (Å²) in [6, 6.07) is 0. The third-order valence-corrected chi connectivity index (χ3v) is 6.55. The average molecular weight is 355 g/mol. The van der Waals surface area contributed by atoms with E-state index in [0.717, 1.165) is 71.5 Å². The maximum atomic E-state index is 12.4. The van der Waals surface area contributed by atoms with Gasteiger partial charge in [0.1, 0.15) is 0 Å². The SMILES string of the molecule is CSCC(=O)N1CCC2(CCC(=O)N(CC3CCOCC3)C2)CC1. The van der Waals surface area contributed by atoms with Gasteiger partial charge in [-0.3, -0.25) is 9.59 Å². The molecule has 0 bridgehead atoms. The zero-order valence-corrected chi connectivity index (χ0v) is 15.6. The number of hydrogen-bond donors (Lipinski definition) is 0. The standard InChI is InChI=1S/C18H30N2O3S/c1-24-13-17(22)19-8-6-18(7-9-19)5-2-16(21)20(14-18)12-15-3-10-23-11-4-15/h15H,2-14H2,1H3. The van der Waals surface area contributed by atoms with Gasteiger partial charge in [0.2, 0.25) is 11.8 Å². The van der Waals surface area contributed by atoms with E-state index in [1.807, 2.05) is 11.2 Å². The lowest BCUT2D eigenvalue weighted by atomic mass is 9.72. The van der Waals surface area contributed by atoms with Gasteiger partial charge in [-0.1, -0.05) is 0 Å². The van der Waals surface area contributed by atoms with Gasteiger partial charge in [0.25, 0.3) is 0 Å². The van der Waals surface area contributed by atoms with E-state index in [-0.39, 0.29) is 11.3 Å². The fourth-order valence-electron chi connectivity index (χ4n) is 4.36. The molecule has 0 aliphatic carbocycles. The Morgan fingerprint density at radius 1 is 1.25 bits per heavy atom. The van der Waals surface area contributed by atoms with Crippen LogP contribution in [0, 0.1) is 11.3 Å². The van der Waals surface area contributed by atoms with Crippen LogP contribution in [0.4, 0.5) is 0 Å². The Kier molecular flexibility index (Phi) is 6.08. The minimum atomic E-state index is 0.245. The summed E-state index contributed by atoms with van der Waals surface area (Å²) >= 11 is 1.60. The molecule has 3 saturated heterocycles.